The molecule has 15 heavy (non-hydrogen) atoms. The molecule has 0 saturated carbocycles. The quantitative estimate of drug-likeness (QED) is 0.733. The van der Waals surface area contributed by atoms with E-state index in [-0.39, 0.29) is 0 Å². The lowest BCUT2D eigenvalue weighted by atomic mass is 9.99. The second-order valence-corrected chi connectivity index (χ2v) is 4.87. The van der Waals surface area contributed by atoms with Crippen LogP contribution in [0, 0.1) is 0 Å². The van der Waals surface area contributed by atoms with Gasteiger partial charge in [0.2, 0.25) is 0 Å². The molecule has 0 spiro atoms. The van der Waals surface area contributed by atoms with Crippen molar-refractivity contribution in [3.8, 4) is 0 Å². The third-order valence-electron chi connectivity index (χ3n) is 3.01. The van der Waals surface area contributed by atoms with Crippen molar-refractivity contribution in [1.29, 1.82) is 0 Å². The van der Waals surface area contributed by atoms with Crippen molar-refractivity contribution in [1.82, 2.24) is 5.32 Å². The van der Waals surface area contributed by atoms with E-state index in [1.54, 1.807) is 0 Å². The number of rotatable bonds is 5. The topological polar surface area (TPSA) is 41.5 Å². The molecule has 0 aliphatic carbocycles. The number of aliphatic hydroxyl groups is 1. The molecule has 1 rings (SSSR count). The Balaban J connectivity index is 2.22. The minimum atomic E-state index is -0.554. The number of hydrogen-bond donors (Lipinski definition) is 2. The van der Waals surface area contributed by atoms with E-state index in [1.165, 1.54) is 6.42 Å². The van der Waals surface area contributed by atoms with Gasteiger partial charge in [0.15, 0.2) is 0 Å². The molecule has 0 radical (unpaired) electrons. The molecule has 2 atom stereocenters. The summed E-state index contributed by atoms with van der Waals surface area (Å²) in [6, 6.07) is 0.524. The highest BCUT2D eigenvalue weighted by molar-refractivity contribution is 4.78. The molecule has 1 aliphatic rings. The standard InChI is InChI=1S/C12H25NO2/c1-3-7-12(2,14)10-13-11-5-4-8-15-9-6-11/h11,13-14H,3-10H2,1-2H3. The first-order chi connectivity index (χ1) is 7.14. The largest absolute Gasteiger partial charge is 0.389 e. The summed E-state index contributed by atoms with van der Waals surface area (Å²) >= 11 is 0. The summed E-state index contributed by atoms with van der Waals surface area (Å²) in [6.07, 6.45) is 5.27. The third-order valence-corrected chi connectivity index (χ3v) is 3.01. The first-order valence-corrected chi connectivity index (χ1v) is 6.17. The molecule has 0 bridgehead atoms. The predicted molar refractivity (Wildman–Crippen MR) is 62.0 cm³/mol. The molecule has 2 unspecified atom stereocenters. The Morgan fingerprint density at radius 2 is 2.20 bits per heavy atom. The molecule has 0 amide bonds. The van der Waals surface area contributed by atoms with Crippen molar-refractivity contribution in [2.75, 3.05) is 19.8 Å². The average Bonchev–Trinajstić information content (AvgIpc) is 2.43. The van der Waals surface area contributed by atoms with Crippen molar-refractivity contribution in [3.63, 3.8) is 0 Å². The Bertz CT molecular complexity index is 163. The Morgan fingerprint density at radius 3 is 2.93 bits per heavy atom. The normalized spacial score (nSPS) is 27.0. The summed E-state index contributed by atoms with van der Waals surface area (Å²) in [5.41, 5.74) is -0.554. The van der Waals surface area contributed by atoms with E-state index in [4.69, 9.17) is 4.74 Å². The molecule has 0 aromatic rings. The number of nitrogens with one attached hydrogen (secondary N) is 1. The van der Waals surface area contributed by atoms with Crippen LogP contribution in [0.1, 0.15) is 46.0 Å². The lowest BCUT2D eigenvalue weighted by molar-refractivity contribution is 0.0462. The van der Waals surface area contributed by atoms with Gasteiger partial charge >= 0.3 is 0 Å². The van der Waals surface area contributed by atoms with Crippen molar-refractivity contribution in [3.05, 3.63) is 0 Å². The van der Waals surface area contributed by atoms with Gasteiger partial charge < -0.3 is 15.2 Å². The summed E-state index contributed by atoms with van der Waals surface area (Å²) in [5, 5.41) is 13.5. The van der Waals surface area contributed by atoms with Gasteiger partial charge in [0.1, 0.15) is 0 Å². The zero-order valence-corrected chi connectivity index (χ0v) is 10.1. The van der Waals surface area contributed by atoms with Crippen LogP contribution in [0.3, 0.4) is 0 Å². The summed E-state index contributed by atoms with van der Waals surface area (Å²) in [6.45, 7) is 6.47. The van der Waals surface area contributed by atoms with Crippen LogP contribution in [0.25, 0.3) is 0 Å². The predicted octanol–water partition coefficient (Wildman–Crippen LogP) is 1.70. The average molecular weight is 215 g/mol. The first kappa shape index (κ1) is 12.9. The van der Waals surface area contributed by atoms with Crippen LogP contribution in [0.5, 0.6) is 0 Å². The highest BCUT2D eigenvalue weighted by Crippen LogP contribution is 2.13. The van der Waals surface area contributed by atoms with Gasteiger partial charge in [-0.1, -0.05) is 13.3 Å². The fourth-order valence-electron chi connectivity index (χ4n) is 2.10. The van der Waals surface area contributed by atoms with Gasteiger partial charge in [0.25, 0.3) is 0 Å². The maximum atomic E-state index is 10.0. The van der Waals surface area contributed by atoms with Gasteiger partial charge in [0.05, 0.1) is 5.60 Å². The molecule has 0 aromatic heterocycles. The van der Waals surface area contributed by atoms with Crippen molar-refractivity contribution in [2.24, 2.45) is 0 Å². The van der Waals surface area contributed by atoms with E-state index in [0.717, 1.165) is 38.9 Å². The lowest BCUT2D eigenvalue weighted by Crippen LogP contribution is -2.42. The Hall–Kier alpha value is -0.120. The lowest BCUT2D eigenvalue weighted by Gasteiger charge is -2.26. The van der Waals surface area contributed by atoms with E-state index in [2.05, 4.69) is 12.2 Å². The molecule has 3 heteroatoms. The maximum absolute atomic E-state index is 10.0. The summed E-state index contributed by atoms with van der Waals surface area (Å²) < 4.78 is 5.40. The van der Waals surface area contributed by atoms with Crippen LogP contribution >= 0.6 is 0 Å². The molecular formula is C12H25NO2. The van der Waals surface area contributed by atoms with Crippen molar-refractivity contribution in [2.45, 2.75) is 57.6 Å². The first-order valence-electron chi connectivity index (χ1n) is 6.17. The van der Waals surface area contributed by atoms with Gasteiger partial charge in [-0.05, 0) is 32.6 Å². The summed E-state index contributed by atoms with van der Waals surface area (Å²) in [4.78, 5) is 0. The van der Waals surface area contributed by atoms with Gasteiger partial charge in [0, 0.05) is 25.8 Å². The van der Waals surface area contributed by atoms with Gasteiger partial charge in [-0.2, -0.15) is 0 Å². The number of hydrogen-bond acceptors (Lipinski definition) is 3. The fraction of sp³-hybridized carbons (Fsp3) is 1.00. The van der Waals surface area contributed by atoms with Gasteiger partial charge in [-0.25, -0.2) is 0 Å². The Kier molecular flexibility index (Phi) is 5.58. The van der Waals surface area contributed by atoms with Crippen LogP contribution < -0.4 is 5.32 Å². The zero-order valence-electron chi connectivity index (χ0n) is 10.1. The van der Waals surface area contributed by atoms with E-state index < -0.39 is 5.60 Å². The van der Waals surface area contributed by atoms with Gasteiger partial charge in [-0.3, -0.25) is 0 Å². The molecule has 2 N–H and O–H groups in total. The molecular weight excluding hydrogens is 190 g/mol. The van der Waals surface area contributed by atoms with Crippen molar-refractivity contribution < 1.29 is 9.84 Å². The Labute approximate surface area is 93.2 Å². The fourth-order valence-corrected chi connectivity index (χ4v) is 2.10. The molecule has 1 fully saturated rings. The summed E-state index contributed by atoms with van der Waals surface area (Å²) in [5.74, 6) is 0. The number of ether oxygens (including phenoxy) is 1. The van der Waals surface area contributed by atoms with Crippen LogP contribution in [-0.2, 0) is 4.74 Å². The minimum Gasteiger partial charge on any atom is -0.389 e. The van der Waals surface area contributed by atoms with E-state index in [0.29, 0.717) is 12.6 Å². The second-order valence-electron chi connectivity index (χ2n) is 4.87. The monoisotopic (exact) mass is 215 g/mol. The van der Waals surface area contributed by atoms with Crippen LogP contribution in [-0.4, -0.2) is 36.5 Å². The van der Waals surface area contributed by atoms with E-state index >= 15 is 0 Å². The van der Waals surface area contributed by atoms with E-state index in [9.17, 15) is 5.11 Å². The van der Waals surface area contributed by atoms with Crippen molar-refractivity contribution >= 4 is 0 Å². The maximum Gasteiger partial charge on any atom is 0.0743 e. The second kappa shape index (κ2) is 6.46. The third kappa shape index (κ3) is 5.50. The SMILES string of the molecule is CCCC(C)(O)CNC1CCCOCC1. The zero-order chi connectivity index (χ0) is 11.1. The van der Waals surface area contributed by atoms with E-state index in [1.807, 2.05) is 6.92 Å². The molecule has 1 saturated heterocycles. The summed E-state index contributed by atoms with van der Waals surface area (Å²) in [7, 11) is 0. The highest BCUT2D eigenvalue weighted by Gasteiger charge is 2.21. The smallest absolute Gasteiger partial charge is 0.0743 e. The Morgan fingerprint density at radius 1 is 1.40 bits per heavy atom. The molecule has 0 aromatic carbocycles. The molecule has 1 heterocycles. The van der Waals surface area contributed by atoms with Crippen LogP contribution in [0.15, 0.2) is 0 Å². The molecule has 90 valence electrons. The van der Waals surface area contributed by atoms with Crippen LogP contribution in [0.2, 0.25) is 0 Å². The van der Waals surface area contributed by atoms with Gasteiger partial charge in [-0.15, -0.1) is 0 Å². The molecule has 3 nitrogen and oxygen atoms in total. The minimum absolute atomic E-state index is 0.524. The highest BCUT2D eigenvalue weighted by atomic mass is 16.5. The molecule has 1 aliphatic heterocycles. The van der Waals surface area contributed by atoms with Crippen LogP contribution in [0.4, 0.5) is 0 Å².